The van der Waals surface area contributed by atoms with Gasteiger partial charge in [0.1, 0.15) is 0 Å². The van der Waals surface area contributed by atoms with Gasteiger partial charge in [0, 0.05) is 35.4 Å². The Morgan fingerprint density at radius 3 is 2.71 bits per heavy atom. The number of hydrogen-bond acceptors (Lipinski definition) is 5. The van der Waals surface area contributed by atoms with E-state index in [1.165, 1.54) is 16.8 Å². The molecule has 1 aliphatic carbocycles. The summed E-state index contributed by atoms with van der Waals surface area (Å²) < 4.78 is 5.47. The summed E-state index contributed by atoms with van der Waals surface area (Å²) in [7, 11) is 0. The van der Waals surface area contributed by atoms with E-state index in [9.17, 15) is 5.26 Å². The van der Waals surface area contributed by atoms with Crippen molar-refractivity contribution in [3.63, 3.8) is 0 Å². The van der Waals surface area contributed by atoms with Crippen LogP contribution >= 0.6 is 0 Å². The number of aromatic amines is 1. The number of benzene rings is 3. The number of nitriles is 1. The van der Waals surface area contributed by atoms with Crippen molar-refractivity contribution in [3.8, 4) is 17.3 Å². The molecule has 34 heavy (non-hydrogen) atoms. The van der Waals surface area contributed by atoms with Gasteiger partial charge in [0.15, 0.2) is 0 Å². The molecule has 4 aromatic rings. The lowest BCUT2D eigenvalue weighted by molar-refractivity contribution is 0.122. The first-order chi connectivity index (χ1) is 16.8. The van der Waals surface area contributed by atoms with Crippen molar-refractivity contribution in [1.82, 2.24) is 10.2 Å². The molecule has 0 radical (unpaired) electrons. The first-order valence-electron chi connectivity index (χ1n) is 12.0. The smallest absolute Gasteiger partial charge is 0.1000 e. The number of rotatable bonds is 4. The monoisotopic (exact) mass is 449 g/mol. The summed E-state index contributed by atoms with van der Waals surface area (Å²) in [6, 6.07) is 23.7. The van der Waals surface area contributed by atoms with Crippen LogP contribution in [-0.2, 0) is 11.2 Å². The first kappa shape index (κ1) is 20.8. The van der Waals surface area contributed by atoms with Crippen LogP contribution in [0.1, 0.15) is 35.6 Å². The second kappa shape index (κ2) is 8.85. The number of fused-ring (bicyclic) bond motifs is 2. The van der Waals surface area contributed by atoms with E-state index in [0.717, 1.165) is 79.0 Å². The third-order valence-electron chi connectivity index (χ3n) is 7.01. The van der Waals surface area contributed by atoms with Gasteiger partial charge < -0.3 is 15.0 Å². The van der Waals surface area contributed by atoms with Gasteiger partial charge in [0.2, 0.25) is 0 Å². The maximum Gasteiger partial charge on any atom is 0.1000 e. The SMILES string of the molecule is N#Cc1ccc2c(c1)CCC[C@@H]2Nc1ccc2[nH]nc(-c3ccc(N4CCOCC4)cc3)c2c1. The van der Waals surface area contributed by atoms with Gasteiger partial charge in [-0.1, -0.05) is 18.2 Å². The number of ether oxygens (including phenoxy) is 1. The summed E-state index contributed by atoms with van der Waals surface area (Å²) in [6.07, 6.45) is 3.24. The van der Waals surface area contributed by atoms with Gasteiger partial charge in [-0.15, -0.1) is 0 Å². The molecule has 0 amide bonds. The highest BCUT2D eigenvalue weighted by Gasteiger charge is 2.21. The molecule has 1 fully saturated rings. The summed E-state index contributed by atoms with van der Waals surface area (Å²) >= 11 is 0. The number of aryl methyl sites for hydroxylation is 1. The van der Waals surface area contributed by atoms with Gasteiger partial charge in [-0.05, 0) is 72.9 Å². The number of morpholine rings is 1. The number of H-pyrrole nitrogens is 1. The van der Waals surface area contributed by atoms with Crippen LogP contribution in [0.2, 0.25) is 0 Å². The minimum atomic E-state index is 0.247. The van der Waals surface area contributed by atoms with Crippen molar-refractivity contribution in [2.75, 3.05) is 36.5 Å². The van der Waals surface area contributed by atoms with E-state index >= 15 is 0 Å². The molecule has 1 aliphatic heterocycles. The van der Waals surface area contributed by atoms with Crippen LogP contribution in [-0.4, -0.2) is 36.5 Å². The van der Waals surface area contributed by atoms with E-state index < -0.39 is 0 Å². The molecular formula is C28H27N5O. The van der Waals surface area contributed by atoms with E-state index in [1.807, 2.05) is 12.1 Å². The number of hydrogen-bond donors (Lipinski definition) is 2. The van der Waals surface area contributed by atoms with Crippen LogP contribution in [0, 0.1) is 11.3 Å². The minimum Gasteiger partial charge on any atom is -0.378 e. The average Bonchev–Trinajstić information content (AvgIpc) is 3.32. The zero-order valence-corrected chi connectivity index (χ0v) is 19.1. The van der Waals surface area contributed by atoms with E-state index in [4.69, 9.17) is 4.74 Å². The Balaban J connectivity index is 1.27. The Hall–Kier alpha value is -3.82. The standard InChI is InChI=1S/C28H27N5O/c29-18-19-4-10-24-21(16-19)2-1-3-26(24)30-22-7-11-27-25(17-22)28(32-31-27)20-5-8-23(9-6-20)33-12-14-34-15-13-33/h4-11,16-17,26,30H,1-3,12-15H2,(H,31,32)/t26-/m0/s1. The van der Waals surface area contributed by atoms with Crippen LogP contribution in [0.25, 0.3) is 22.2 Å². The van der Waals surface area contributed by atoms with Crippen LogP contribution in [0.5, 0.6) is 0 Å². The maximum atomic E-state index is 9.24. The van der Waals surface area contributed by atoms with Crippen LogP contribution in [0.3, 0.4) is 0 Å². The normalized spacial score (nSPS) is 17.9. The van der Waals surface area contributed by atoms with Crippen molar-refractivity contribution in [2.24, 2.45) is 0 Å². The highest BCUT2D eigenvalue weighted by molar-refractivity contribution is 5.95. The molecule has 0 spiro atoms. The van der Waals surface area contributed by atoms with Gasteiger partial charge in [-0.25, -0.2) is 0 Å². The van der Waals surface area contributed by atoms with E-state index in [2.05, 4.69) is 75.0 Å². The summed E-state index contributed by atoms with van der Waals surface area (Å²) in [5.74, 6) is 0. The molecule has 2 N–H and O–H groups in total. The zero-order valence-electron chi connectivity index (χ0n) is 19.1. The van der Waals surface area contributed by atoms with E-state index in [0.29, 0.717) is 0 Å². The van der Waals surface area contributed by atoms with Gasteiger partial charge in [-0.2, -0.15) is 10.4 Å². The number of nitrogens with one attached hydrogen (secondary N) is 2. The Morgan fingerprint density at radius 1 is 1.03 bits per heavy atom. The fraction of sp³-hybridized carbons (Fsp3) is 0.286. The quantitative estimate of drug-likeness (QED) is 0.435. The highest BCUT2D eigenvalue weighted by atomic mass is 16.5. The molecule has 170 valence electrons. The first-order valence-corrected chi connectivity index (χ1v) is 12.0. The van der Waals surface area contributed by atoms with Gasteiger partial charge in [0.05, 0.1) is 42.1 Å². The second-order valence-corrected chi connectivity index (χ2v) is 9.09. The molecule has 1 saturated heterocycles. The second-order valence-electron chi connectivity index (χ2n) is 9.09. The molecule has 3 aromatic carbocycles. The summed E-state index contributed by atoms with van der Waals surface area (Å²) in [5.41, 5.74) is 8.74. The van der Waals surface area contributed by atoms with Crippen molar-refractivity contribution in [2.45, 2.75) is 25.3 Å². The number of aromatic nitrogens is 2. The molecule has 1 atom stereocenters. The Labute approximate surface area is 199 Å². The molecule has 1 aromatic heterocycles. The summed E-state index contributed by atoms with van der Waals surface area (Å²) in [4.78, 5) is 2.36. The molecule has 6 heteroatoms. The zero-order chi connectivity index (χ0) is 22.9. The van der Waals surface area contributed by atoms with Crippen molar-refractivity contribution >= 4 is 22.3 Å². The summed E-state index contributed by atoms with van der Waals surface area (Å²) in [6.45, 7) is 3.43. The molecule has 0 bridgehead atoms. The third kappa shape index (κ3) is 3.89. The maximum absolute atomic E-state index is 9.24. The predicted molar refractivity (Wildman–Crippen MR) is 135 cm³/mol. The van der Waals surface area contributed by atoms with Crippen LogP contribution in [0.15, 0.2) is 60.7 Å². The number of anilines is 2. The lowest BCUT2D eigenvalue weighted by Crippen LogP contribution is -2.36. The fourth-order valence-corrected chi connectivity index (χ4v) is 5.21. The van der Waals surface area contributed by atoms with Gasteiger partial charge in [0.25, 0.3) is 0 Å². The van der Waals surface area contributed by atoms with Crippen LogP contribution < -0.4 is 10.2 Å². The summed E-state index contributed by atoms with van der Waals surface area (Å²) in [5, 5.41) is 21.9. The Kier molecular flexibility index (Phi) is 5.40. The Bertz CT molecular complexity index is 1360. The van der Waals surface area contributed by atoms with E-state index in [1.54, 1.807) is 0 Å². The average molecular weight is 450 g/mol. The lowest BCUT2D eigenvalue weighted by atomic mass is 9.86. The molecule has 0 unspecified atom stereocenters. The predicted octanol–water partition coefficient (Wildman–Crippen LogP) is 5.43. The molecule has 2 aliphatic rings. The molecule has 0 saturated carbocycles. The van der Waals surface area contributed by atoms with Crippen molar-refractivity contribution in [1.29, 1.82) is 5.26 Å². The number of nitrogens with zero attached hydrogens (tertiary/aromatic N) is 3. The minimum absolute atomic E-state index is 0.247. The molecule has 6 rings (SSSR count). The third-order valence-corrected chi connectivity index (χ3v) is 7.01. The fourth-order valence-electron chi connectivity index (χ4n) is 5.21. The molecule has 2 heterocycles. The van der Waals surface area contributed by atoms with Crippen molar-refractivity contribution in [3.05, 3.63) is 77.4 Å². The van der Waals surface area contributed by atoms with Gasteiger partial charge >= 0.3 is 0 Å². The van der Waals surface area contributed by atoms with Crippen LogP contribution in [0.4, 0.5) is 11.4 Å². The molecule has 6 nitrogen and oxygen atoms in total. The molecular weight excluding hydrogens is 422 g/mol. The van der Waals surface area contributed by atoms with E-state index in [-0.39, 0.29) is 6.04 Å². The largest absolute Gasteiger partial charge is 0.378 e. The highest BCUT2D eigenvalue weighted by Crippen LogP contribution is 2.35. The van der Waals surface area contributed by atoms with Gasteiger partial charge in [-0.3, -0.25) is 5.10 Å². The van der Waals surface area contributed by atoms with Crippen molar-refractivity contribution < 1.29 is 4.74 Å². The topological polar surface area (TPSA) is 77.0 Å². The Morgan fingerprint density at radius 2 is 1.88 bits per heavy atom. The lowest BCUT2D eigenvalue weighted by Gasteiger charge is -2.28.